The number of hydrogen-bond acceptors (Lipinski definition) is 6. The van der Waals surface area contributed by atoms with E-state index in [0.29, 0.717) is 17.3 Å². The van der Waals surface area contributed by atoms with E-state index in [4.69, 9.17) is 10.5 Å². The molecule has 0 saturated carbocycles. The van der Waals surface area contributed by atoms with Crippen molar-refractivity contribution in [2.24, 2.45) is 11.1 Å². The van der Waals surface area contributed by atoms with Crippen molar-refractivity contribution in [3.8, 4) is 22.9 Å². The van der Waals surface area contributed by atoms with Gasteiger partial charge in [-0.2, -0.15) is 0 Å². The maximum absolute atomic E-state index is 12.3. The Bertz CT molecular complexity index is 1140. The summed E-state index contributed by atoms with van der Waals surface area (Å²) in [5, 5.41) is 0. The van der Waals surface area contributed by atoms with Gasteiger partial charge in [0.25, 0.3) is 0 Å². The Hall–Kier alpha value is -3.74. The van der Waals surface area contributed by atoms with E-state index >= 15 is 0 Å². The van der Waals surface area contributed by atoms with Crippen molar-refractivity contribution in [3.05, 3.63) is 71.5 Å². The molecule has 0 radical (unpaired) electrons. The second kappa shape index (κ2) is 7.26. The van der Waals surface area contributed by atoms with Crippen LogP contribution in [0.5, 0.6) is 11.6 Å². The van der Waals surface area contributed by atoms with Crippen LogP contribution in [-0.2, 0) is 9.53 Å². The van der Waals surface area contributed by atoms with E-state index in [9.17, 15) is 9.59 Å². The summed E-state index contributed by atoms with van der Waals surface area (Å²) in [6.45, 7) is 3.66. The third kappa shape index (κ3) is 3.18. The average Bonchev–Trinajstić information content (AvgIpc) is 2.76. The molecule has 1 aliphatic heterocycles. The number of nitrogens with zero attached hydrogens (tertiary/aromatic N) is 2. The van der Waals surface area contributed by atoms with Crippen LogP contribution in [-0.4, -0.2) is 29.0 Å². The molecule has 0 spiro atoms. The number of nitrogens with two attached hydrogens (primary N) is 1. The number of ether oxygens (including phenoxy) is 2. The van der Waals surface area contributed by atoms with Crippen LogP contribution in [0, 0.1) is 5.41 Å². The lowest BCUT2D eigenvalue weighted by Gasteiger charge is -2.36. The Balaban J connectivity index is 1.79. The molecule has 0 aliphatic carbocycles. The van der Waals surface area contributed by atoms with Gasteiger partial charge < -0.3 is 15.2 Å². The summed E-state index contributed by atoms with van der Waals surface area (Å²) in [5.41, 5.74) is 8.15. The molecule has 1 atom stereocenters. The van der Waals surface area contributed by atoms with Gasteiger partial charge in [-0.3, -0.25) is 4.79 Å². The number of para-hydroxylation sites is 1. The molecule has 0 unspecified atom stereocenters. The van der Waals surface area contributed by atoms with Crippen LogP contribution in [0.4, 0.5) is 0 Å². The fourth-order valence-electron chi connectivity index (χ4n) is 3.69. The predicted octanol–water partition coefficient (Wildman–Crippen LogP) is 3.68. The maximum atomic E-state index is 12.3. The molecule has 4 rings (SSSR count). The zero-order valence-electron chi connectivity index (χ0n) is 16.9. The van der Waals surface area contributed by atoms with Crippen LogP contribution in [0.1, 0.15) is 41.4 Å². The van der Waals surface area contributed by atoms with Gasteiger partial charge in [-0.15, -0.1) is 0 Å². The lowest BCUT2D eigenvalue weighted by molar-refractivity contribution is -0.126. The molecule has 3 heterocycles. The van der Waals surface area contributed by atoms with Gasteiger partial charge in [0.05, 0.1) is 18.2 Å². The summed E-state index contributed by atoms with van der Waals surface area (Å²) in [6, 6.07) is 14.6. The van der Waals surface area contributed by atoms with Crippen molar-refractivity contribution >= 4 is 11.9 Å². The maximum Gasteiger partial charge on any atom is 0.356 e. The van der Waals surface area contributed by atoms with E-state index in [1.54, 1.807) is 18.3 Å². The first-order valence-electron chi connectivity index (χ1n) is 9.45. The minimum absolute atomic E-state index is 0.215. The predicted molar refractivity (Wildman–Crippen MR) is 110 cm³/mol. The number of primary amides is 1. The van der Waals surface area contributed by atoms with Gasteiger partial charge in [0, 0.05) is 28.8 Å². The van der Waals surface area contributed by atoms with Gasteiger partial charge in [0.15, 0.2) is 0 Å². The molecule has 30 heavy (non-hydrogen) atoms. The third-order valence-corrected chi connectivity index (χ3v) is 5.45. The van der Waals surface area contributed by atoms with Crippen molar-refractivity contribution in [1.29, 1.82) is 0 Å². The van der Waals surface area contributed by atoms with Gasteiger partial charge in [-0.25, -0.2) is 14.8 Å². The number of rotatable bonds is 4. The summed E-state index contributed by atoms with van der Waals surface area (Å²) in [7, 11) is 1.31. The highest BCUT2D eigenvalue weighted by Gasteiger charge is 2.42. The number of methoxy groups -OCH3 is 1. The van der Waals surface area contributed by atoms with Gasteiger partial charge >= 0.3 is 5.97 Å². The fraction of sp³-hybridized carbons (Fsp3) is 0.217. The monoisotopic (exact) mass is 403 g/mol. The molecule has 1 aliphatic rings. The number of fused-ring (bicyclic) bond motifs is 2. The van der Waals surface area contributed by atoms with Gasteiger partial charge in [-0.05, 0) is 24.3 Å². The number of aromatic nitrogens is 2. The van der Waals surface area contributed by atoms with Gasteiger partial charge in [0.1, 0.15) is 11.4 Å². The van der Waals surface area contributed by atoms with Crippen molar-refractivity contribution in [3.63, 3.8) is 0 Å². The van der Waals surface area contributed by atoms with E-state index in [-0.39, 0.29) is 11.6 Å². The lowest BCUT2D eigenvalue weighted by atomic mass is 9.70. The molecule has 1 amide bonds. The molecule has 7 heteroatoms. The minimum Gasteiger partial charge on any atom is -0.464 e. The Kier molecular flexibility index (Phi) is 4.73. The highest BCUT2D eigenvalue weighted by molar-refractivity contribution is 5.87. The van der Waals surface area contributed by atoms with Crippen LogP contribution in [0.25, 0.3) is 11.3 Å². The topological polar surface area (TPSA) is 104 Å². The quantitative estimate of drug-likeness (QED) is 0.667. The van der Waals surface area contributed by atoms with Crippen molar-refractivity contribution in [1.82, 2.24) is 9.97 Å². The number of amides is 1. The van der Waals surface area contributed by atoms with E-state index in [0.717, 1.165) is 16.7 Å². The summed E-state index contributed by atoms with van der Waals surface area (Å²) < 4.78 is 10.7. The molecule has 0 fully saturated rings. The van der Waals surface area contributed by atoms with Crippen molar-refractivity contribution < 1.29 is 19.1 Å². The molecule has 2 aromatic heterocycles. The second-order valence-electron chi connectivity index (χ2n) is 7.67. The minimum atomic E-state index is -0.846. The summed E-state index contributed by atoms with van der Waals surface area (Å²) in [4.78, 5) is 32.7. The van der Waals surface area contributed by atoms with E-state index in [2.05, 4.69) is 14.7 Å². The largest absolute Gasteiger partial charge is 0.464 e. The Morgan fingerprint density at radius 3 is 2.50 bits per heavy atom. The highest BCUT2D eigenvalue weighted by atomic mass is 16.5. The second-order valence-corrected chi connectivity index (χ2v) is 7.67. The van der Waals surface area contributed by atoms with E-state index in [1.807, 2.05) is 50.2 Å². The summed E-state index contributed by atoms with van der Waals surface area (Å²) in [5.74, 6) is -0.134. The first kappa shape index (κ1) is 19.6. The van der Waals surface area contributed by atoms with Crippen molar-refractivity contribution in [2.45, 2.75) is 19.8 Å². The van der Waals surface area contributed by atoms with Gasteiger partial charge in [0.2, 0.25) is 11.8 Å². The number of benzene rings is 1. The first-order chi connectivity index (χ1) is 14.3. The first-order valence-corrected chi connectivity index (χ1v) is 9.45. The lowest BCUT2D eigenvalue weighted by Crippen LogP contribution is -2.38. The van der Waals surface area contributed by atoms with Gasteiger partial charge in [-0.1, -0.05) is 38.1 Å². The normalized spacial score (nSPS) is 14.8. The Morgan fingerprint density at radius 2 is 1.83 bits per heavy atom. The smallest absolute Gasteiger partial charge is 0.356 e. The third-order valence-electron chi connectivity index (χ3n) is 5.45. The Morgan fingerprint density at radius 1 is 1.07 bits per heavy atom. The summed E-state index contributed by atoms with van der Waals surface area (Å²) in [6.07, 6.45) is 1.56. The van der Waals surface area contributed by atoms with Crippen LogP contribution < -0.4 is 10.5 Å². The van der Waals surface area contributed by atoms with Crippen LogP contribution in [0.2, 0.25) is 0 Å². The number of esters is 1. The Labute approximate surface area is 173 Å². The standard InChI is InChI=1S/C23H21N3O4/c1-23(2,22(24)28)19-14-6-4-5-7-18(14)30-20-15(19)9-11-16(26-20)13-8-10-17(25-12-13)21(27)29-3/h4-12,19H,1-3H3,(H2,24,28)/t19-/m0/s1. The molecule has 0 saturated heterocycles. The molecule has 7 nitrogen and oxygen atoms in total. The van der Waals surface area contributed by atoms with E-state index in [1.165, 1.54) is 7.11 Å². The number of pyridine rings is 2. The molecular formula is C23H21N3O4. The van der Waals surface area contributed by atoms with E-state index < -0.39 is 17.3 Å². The molecular weight excluding hydrogens is 382 g/mol. The summed E-state index contributed by atoms with van der Waals surface area (Å²) >= 11 is 0. The highest BCUT2D eigenvalue weighted by Crippen LogP contribution is 2.51. The van der Waals surface area contributed by atoms with Crippen LogP contribution in [0.3, 0.4) is 0 Å². The average molecular weight is 403 g/mol. The SMILES string of the molecule is COC(=O)c1ccc(-c2ccc3c(n2)Oc2ccccc2[C@@H]3C(C)(C)C(N)=O)cn1. The molecule has 0 bridgehead atoms. The number of carbonyl (C=O) groups is 2. The fourth-order valence-corrected chi connectivity index (χ4v) is 3.69. The van der Waals surface area contributed by atoms with Crippen molar-refractivity contribution in [2.75, 3.05) is 7.11 Å². The molecule has 3 aromatic rings. The molecule has 152 valence electrons. The zero-order chi connectivity index (χ0) is 21.5. The number of carbonyl (C=O) groups excluding carboxylic acids is 2. The van der Waals surface area contributed by atoms with Crippen LogP contribution >= 0.6 is 0 Å². The number of hydrogen-bond donors (Lipinski definition) is 1. The molecule has 1 aromatic carbocycles. The molecule has 2 N–H and O–H groups in total. The zero-order valence-corrected chi connectivity index (χ0v) is 16.9. The van der Waals surface area contributed by atoms with Crippen LogP contribution in [0.15, 0.2) is 54.7 Å².